The molecule has 0 atom stereocenters. The third kappa shape index (κ3) is 4.56. The van der Waals surface area contributed by atoms with Gasteiger partial charge in [0.15, 0.2) is 0 Å². The average Bonchev–Trinajstić information content (AvgIpc) is 3.70. The van der Waals surface area contributed by atoms with Crippen molar-refractivity contribution in [1.29, 1.82) is 0 Å². The minimum atomic E-state index is 0.106. The van der Waals surface area contributed by atoms with Crippen LogP contribution in [0.3, 0.4) is 0 Å². The predicted octanol–water partition coefficient (Wildman–Crippen LogP) is 10.7. The van der Waals surface area contributed by atoms with E-state index in [0.29, 0.717) is 17.0 Å². The van der Waals surface area contributed by atoms with E-state index in [-0.39, 0.29) is 5.75 Å². The lowest BCUT2D eigenvalue weighted by Gasteiger charge is -2.12. The van der Waals surface area contributed by atoms with Gasteiger partial charge in [0.05, 0.1) is 22.3 Å². The lowest BCUT2D eigenvalue weighted by atomic mass is 9.94. The maximum absolute atomic E-state index is 11.5. The van der Waals surface area contributed by atoms with Crippen molar-refractivity contribution in [3.63, 3.8) is 0 Å². The second-order valence-electron chi connectivity index (χ2n) is 11.6. The van der Waals surface area contributed by atoms with Gasteiger partial charge in [0.2, 0.25) is 0 Å². The molecule has 6 aromatic carbocycles. The van der Waals surface area contributed by atoms with Crippen molar-refractivity contribution in [1.82, 2.24) is 14.5 Å². The Morgan fingerprint density at radius 1 is 0.532 bits per heavy atom. The van der Waals surface area contributed by atoms with Crippen LogP contribution in [-0.2, 0) is 0 Å². The zero-order valence-electron chi connectivity index (χ0n) is 25.2. The number of benzene rings is 6. The van der Waals surface area contributed by atoms with Crippen LogP contribution in [0.2, 0.25) is 0 Å². The van der Waals surface area contributed by atoms with E-state index in [4.69, 9.17) is 9.40 Å². The normalized spacial score (nSPS) is 11.5. The summed E-state index contributed by atoms with van der Waals surface area (Å²) < 4.78 is 8.21. The number of phenols is 1. The number of rotatable bonds is 5. The number of hydrogen-bond acceptors (Lipinski definition) is 4. The molecule has 5 nitrogen and oxygen atoms in total. The number of imidazole rings is 1. The highest BCUT2D eigenvalue weighted by Gasteiger charge is 2.22. The molecule has 0 aliphatic carbocycles. The highest BCUT2D eigenvalue weighted by Crippen LogP contribution is 2.42. The molecule has 0 radical (unpaired) electrons. The third-order valence-electron chi connectivity index (χ3n) is 8.75. The molecule has 0 saturated heterocycles. The fourth-order valence-electron chi connectivity index (χ4n) is 6.55. The number of aromatic nitrogens is 3. The number of phenolic OH excluding ortho intramolecular Hbond substituents is 1. The van der Waals surface area contributed by atoms with Crippen LogP contribution in [0.25, 0.3) is 83.6 Å². The third-order valence-corrected chi connectivity index (χ3v) is 8.75. The summed E-state index contributed by atoms with van der Waals surface area (Å²) in [6.45, 7) is 0. The van der Waals surface area contributed by atoms with Gasteiger partial charge in [0.1, 0.15) is 22.7 Å². The minimum absolute atomic E-state index is 0.106. The van der Waals surface area contributed by atoms with Crippen molar-refractivity contribution >= 4 is 33.0 Å². The van der Waals surface area contributed by atoms with E-state index in [1.165, 1.54) is 0 Å². The van der Waals surface area contributed by atoms with Gasteiger partial charge in [-0.05, 0) is 77.4 Å². The second kappa shape index (κ2) is 10.9. The van der Waals surface area contributed by atoms with Gasteiger partial charge in [-0.1, -0.05) is 84.9 Å². The molecular weight excluding hydrogens is 578 g/mol. The molecule has 9 aromatic rings. The van der Waals surface area contributed by atoms with Crippen LogP contribution < -0.4 is 0 Å². The summed E-state index contributed by atoms with van der Waals surface area (Å²) in [7, 11) is 0. The molecule has 0 aliphatic rings. The molecular formula is C42H27N3O2. The molecule has 0 unspecified atom stereocenters. The maximum Gasteiger partial charge on any atom is 0.149 e. The van der Waals surface area contributed by atoms with Crippen LogP contribution in [0, 0.1) is 0 Å². The average molecular weight is 606 g/mol. The molecule has 0 amide bonds. The standard InChI is InChI=1S/C42H27N3O2/c46-38-26-40-34(33-16-7-8-20-39(33)47-40)25-35(38)42-44-41-32(17-11-19-37(41)45(42)31-14-5-2-6-15-31)29-22-28(27-12-3-1-4-13-27)23-30(24-29)36-18-9-10-21-43-36/h1-26,46H. The molecule has 1 N–H and O–H groups in total. The number of furan rings is 1. The Morgan fingerprint density at radius 2 is 1.28 bits per heavy atom. The number of nitrogens with zero attached hydrogens (tertiary/aromatic N) is 3. The van der Waals surface area contributed by atoms with Crippen molar-refractivity contribution in [3.05, 3.63) is 158 Å². The van der Waals surface area contributed by atoms with Gasteiger partial charge in [-0.25, -0.2) is 4.98 Å². The van der Waals surface area contributed by atoms with Gasteiger partial charge in [0.25, 0.3) is 0 Å². The Balaban J connectivity index is 1.32. The van der Waals surface area contributed by atoms with Crippen molar-refractivity contribution in [2.24, 2.45) is 0 Å². The summed E-state index contributed by atoms with van der Waals surface area (Å²) in [6.07, 6.45) is 1.82. The van der Waals surface area contributed by atoms with Gasteiger partial charge in [-0.15, -0.1) is 0 Å². The molecule has 3 aromatic heterocycles. The van der Waals surface area contributed by atoms with Crippen LogP contribution in [0.1, 0.15) is 0 Å². The predicted molar refractivity (Wildman–Crippen MR) is 190 cm³/mol. The summed E-state index contributed by atoms with van der Waals surface area (Å²) in [5.41, 5.74) is 10.9. The van der Waals surface area contributed by atoms with Crippen molar-refractivity contribution in [2.45, 2.75) is 0 Å². The van der Waals surface area contributed by atoms with E-state index >= 15 is 0 Å². The SMILES string of the molecule is Oc1cc2oc3ccccc3c2cc1-c1nc2c(-c3cc(-c4ccccc4)cc(-c4ccccn4)c3)cccc2n1-c1ccccc1. The van der Waals surface area contributed by atoms with Crippen LogP contribution >= 0.6 is 0 Å². The smallest absolute Gasteiger partial charge is 0.149 e. The number of hydrogen-bond donors (Lipinski definition) is 1. The first kappa shape index (κ1) is 26.9. The second-order valence-corrected chi connectivity index (χ2v) is 11.6. The fraction of sp³-hybridized carbons (Fsp3) is 0. The first-order valence-corrected chi connectivity index (χ1v) is 15.5. The summed E-state index contributed by atoms with van der Waals surface area (Å²) in [5.74, 6) is 0.751. The zero-order chi connectivity index (χ0) is 31.3. The lowest BCUT2D eigenvalue weighted by molar-refractivity contribution is 0.476. The minimum Gasteiger partial charge on any atom is -0.507 e. The number of aromatic hydroxyl groups is 1. The largest absolute Gasteiger partial charge is 0.507 e. The highest BCUT2D eigenvalue weighted by atomic mass is 16.3. The van der Waals surface area contributed by atoms with Crippen LogP contribution in [-0.4, -0.2) is 19.6 Å². The molecule has 222 valence electrons. The van der Waals surface area contributed by atoms with E-state index in [1.807, 2.05) is 79.0 Å². The molecule has 47 heavy (non-hydrogen) atoms. The van der Waals surface area contributed by atoms with Gasteiger partial charge in [-0.2, -0.15) is 0 Å². The first-order valence-electron chi connectivity index (χ1n) is 15.5. The molecule has 3 heterocycles. The number of fused-ring (bicyclic) bond motifs is 4. The fourth-order valence-corrected chi connectivity index (χ4v) is 6.55. The van der Waals surface area contributed by atoms with Crippen molar-refractivity contribution in [2.75, 3.05) is 0 Å². The first-order chi connectivity index (χ1) is 23.2. The quantitative estimate of drug-likeness (QED) is 0.212. The van der Waals surface area contributed by atoms with E-state index in [0.717, 1.165) is 66.6 Å². The molecule has 9 rings (SSSR count). The van der Waals surface area contributed by atoms with Crippen molar-refractivity contribution in [3.8, 4) is 56.3 Å². The molecule has 0 saturated carbocycles. The molecule has 0 bridgehead atoms. The van der Waals surface area contributed by atoms with E-state index in [9.17, 15) is 5.11 Å². The Labute approximate surface area is 270 Å². The number of pyridine rings is 1. The van der Waals surface area contributed by atoms with Gasteiger partial charge >= 0.3 is 0 Å². The topological polar surface area (TPSA) is 64.1 Å². The van der Waals surface area contributed by atoms with E-state index in [1.54, 1.807) is 6.07 Å². The monoisotopic (exact) mass is 605 g/mol. The highest BCUT2D eigenvalue weighted by molar-refractivity contribution is 6.07. The number of para-hydroxylation sites is 3. The zero-order valence-corrected chi connectivity index (χ0v) is 25.2. The molecule has 0 fully saturated rings. The van der Waals surface area contributed by atoms with E-state index < -0.39 is 0 Å². The molecule has 5 heteroatoms. The Hall–Kier alpha value is -6.46. The Bertz CT molecular complexity index is 2510. The molecule has 0 spiro atoms. The van der Waals surface area contributed by atoms with Crippen LogP contribution in [0.4, 0.5) is 0 Å². The Kier molecular flexibility index (Phi) is 6.22. The van der Waals surface area contributed by atoms with Crippen LogP contribution in [0.15, 0.2) is 162 Å². The summed E-state index contributed by atoms with van der Waals surface area (Å²) in [6, 6.07) is 51.1. The Morgan fingerprint density at radius 3 is 2.11 bits per heavy atom. The van der Waals surface area contributed by atoms with Crippen molar-refractivity contribution < 1.29 is 9.52 Å². The summed E-state index contributed by atoms with van der Waals surface area (Å²) in [4.78, 5) is 10.0. The van der Waals surface area contributed by atoms with Gasteiger partial charge in [-0.3, -0.25) is 9.55 Å². The van der Waals surface area contributed by atoms with Crippen LogP contribution in [0.5, 0.6) is 5.75 Å². The summed E-state index contributed by atoms with van der Waals surface area (Å²) in [5, 5.41) is 13.4. The maximum atomic E-state index is 11.5. The van der Waals surface area contributed by atoms with Gasteiger partial charge in [0, 0.05) is 39.8 Å². The van der Waals surface area contributed by atoms with Gasteiger partial charge < -0.3 is 9.52 Å². The molecule has 0 aliphatic heterocycles. The summed E-state index contributed by atoms with van der Waals surface area (Å²) >= 11 is 0. The lowest BCUT2D eigenvalue weighted by Crippen LogP contribution is -1.97. The van der Waals surface area contributed by atoms with E-state index in [2.05, 4.69) is 82.3 Å².